The number of carbonyl (C=O) groups is 1. The minimum absolute atomic E-state index is 0.215. The molecule has 0 N–H and O–H groups in total. The van der Waals surface area contributed by atoms with E-state index in [9.17, 15) is 4.79 Å². The van der Waals surface area contributed by atoms with E-state index >= 15 is 0 Å². The molecule has 3 heteroatoms. The molecule has 0 aliphatic rings. The summed E-state index contributed by atoms with van der Waals surface area (Å²) < 4.78 is 11.1. The maximum Gasteiger partial charge on any atom is 0.338 e. The Balaban J connectivity index is 2.24. The Labute approximate surface area is 143 Å². The largest absolute Gasteiger partial charge is 0.489 e. The maximum absolute atomic E-state index is 11.6. The molecule has 0 aliphatic carbocycles. The second-order valence-electron chi connectivity index (χ2n) is 5.64. The molecule has 1 unspecified atom stereocenters. The van der Waals surface area contributed by atoms with Crippen molar-refractivity contribution in [3.63, 3.8) is 0 Å². The van der Waals surface area contributed by atoms with Crippen LogP contribution in [0.15, 0.2) is 73.0 Å². The Morgan fingerprint density at radius 1 is 1.04 bits per heavy atom. The van der Waals surface area contributed by atoms with Crippen LogP contribution >= 0.6 is 0 Å². The summed E-state index contributed by atoms with van der Waals surface area (Å²) in [5.74, 6) is 0.0587. The normalized spacial score (nSPS) is 12.0. The number of rotatable bonds is 6. The zero-order valence-electron chi connectivity index (χ0n) is 14.3. The third-order valence-electron chi connectivity index (χ3n) is 3.47. The van der Waals surface area contributed by atoms with E-state index in [1.807, 2.05) is 25.1 Å². The van der Waals surface area contributed by atoms with E-state index in [1.54, 1.807) is 25.3 Å². The standard InChI is InChI=1S/C21H22O3/c1-5-14-23-20(17-8-6-16(4)7-9-17)18-10-12-19(13-11-18)24-21(22)15(2)3/h5-14,20H,2H2,1,3-4H3. The fourth-order valence-electron chi connectivity index (χ4n) is 2.15. The third-order valence-corrected chi connectivity index (χ3v) is 3.47. The van der Waals surface area contributed by atoms with E-state index < -0.39 is 5.97 Å². The molecule has 0 bridgehead atoms. The minimum atomic E-state index is -0.428. The first-order valence-corrected chi connectivity index (χ1v) is 7.82. The summed E-state index contributed by atoms with van der Waals surface area (Å²) >= 11 is 0. The van der Waals surface area contributed by atoms with Crippen molar-refractivity contribution in [2.24, 2.45) is 0 Å². The second kappa shape index (κ2) is 8.16. The zero-order chi connectivity index (χ0) is 17.5. The Morgan fingerprint density at radius 2 is 1.58 bits per heavy atom. The number of carbonyl (C=O) groups excluding carboxylic acids is 1. The molecule has 0 fully saturated rings. The van der Waals surface area contributed by atoms with E-state index in [0.29, 0.717) is 11.3 Å². The highest BCUT2D eigenvalue weighted by Crippen LogP contribution is 2.28. The lowest BCUT2D eigenvalue weighted by atomic mass is 10.0. The van der Waals surface area contributed by atoms with Crippen molar-refractivity contribution in [1.82, 2.24) is 0 Å². The summed E-state index contributed by atoms with van der Waals surface area (Å²) in [5, 5.41) is 0. The monoisotopic (exact) mass is 322 g/mol. The fourth-order valence-corrected chi connectivity index (χ4v) is 2.15. The highest BCUT2D eigenvalue weighted by molar-refractivity contribution is 5.88. The number of ether oxygens (including phenoxy) is 2. The molecule has 0 aromatic heterocycles. The highest BCUT2D eigenvalue weighted by Gasteiger charge is 2.15. The summed E-state index contributed by atoms with van der Waals surface area (Å²) in [4.78, 5) is 11.6. The minimum Gasteiger partial charge on any atom is -0.489 e. The van der Waals surface area contributed by atoms with Crippen LogP contribution in [0, 0.1) is 6.92 Å². The van der Waals surface area contributed by atoms with Gasteiger partial charge in [-0.3, -0.25) is 0 Å². The summed E-state index contributed by atoms with van der Waals surface area (Å²) in [5.41, 5.74) is 3.61. The van der Waals surface area contributed by atoms with Gasteiger partial charge in [-0.2, -0.15) is 0 Å². The van der Waals surface area contributed by atoms with Gasteiger partial charge in [-0.05, 0) is 44.0 Å². The summed E-state index contributed by atoms with van der Waals surface area (Å²) in [7, 11) is 0. The molecule has 1 atom stereocenters. The predicted molar refractivity (Wildman–Crippen MR) is 95.8 cm³/mol. The van der Waals surface area contributed by atoms with Gasteiger partial charge in [-0.1, -0.05) is 54.6 Å². The average Bonchev–Trinajstić information content (AvgIpc) is 2.58. The van der Waals surface area contributed by atoms with Crippen LogP contribution in [0.1, 0.15) is 36.6 Å². The van der Waals surface area contributed by atoms with Gasteiger partial charge in [0.15, 0.2) is 0 Å². The van der Waals surface area contributed by atoms with Crippen LogP contribution in [0.4, 0.5) is 0 Å². The van der Waals surface area contributed by atoms with Crippen LogP contribution < -0.4 is 4.74 Å². The first-order chi connectivity index (χ1) is 11.5. The molecule has 2 rings (SSSR count). The van der Waals surface area contributed by atoms with Crippen LogP contribution in [0.25, 0.3) is 0 Å². The molecule has 0 heterocycles. The molecule has 3 nitrogen and oxygen atoms in total. The van der Waals surface area contributed by atoms with Gasteiger partial charge in [0.1, 0.15) is 11.9 Å². The number of hydrogen-bond donors (Lipinski definition) is 0. The number of esters is 1. The SMILES string of the molecule is C=C(C)C(=O)Oc1ccc(C(OC=CC)c2ccc(C)cc2)cc1. The molecule has 0 saturated carbocycles. The van der Waals surface area contributed by atoms with Gasteiger partial charge in [0.2, 0.25) is 0 Å². The Morgan fingerprint density at radius 3 is 2.08 bits per heavy atom. The molecule has 0 spiro atoms. The number of allylic oxidation sites excluding steroid dienone is 1. The van der Waals surface area contributed by atoms with Crippen molar-refractivity contribution in [2.75, 3.05) is 0 Å². The van der Waals surface area contributed by atoms with Gasteiger partial charge in [-0.15, -0.1) is 0 Å². The van der Waals surface area contributed by atoms with Crippen molar-refractivity contribution >= 4 is 5.97 Å². The van der Waals surface area contributed by atoms with Crippen molar-refractivity contribution in [3.05, 3.63) is 89.7 Å². The smallest absolute Gasteiger partial charge is 0.338 e. The lowest BCUT2D eigenvalue weighted by molar-refractivity contribution is -0.130. The summed E-state index contributed by atoms with van der Waals surface area (Å²) in [6.45, 7) is 9.16. The zero-order valence-corrected chi connectivity index (χ0v) is 14.3. The van der Waals surface area contributed by atoms with Gasteiger partial charge in [-0.25, -0.2) is 4.79 Å². The van der Waals surface area contributed by atoms with Gasteiger partial charge in [0.05, 0.1) is 6.26 Å². The quantitative estimate of drug-likeness (QED) is 0.321. The predicted octanol–water partition coefficient (Wildman–Crippen LogP) is 5.12. The summed E-state index contributed by atoms with van der Waals surface area (Å²) in [6, 6.07) is 15.5. The number of hydrogen-bond acceptors (Lipinski definition) is 3. The first-order valence-electron chi connectivity index (χ1n) is 7.82. The number of benzene rings is 2. The molecule has 0 amide bonds. The van der Waals surface area contributed by atoms with Gasteiger partial charge in [0.25, 0.3) is 0 Å². The van der Waals surface area contributed by atoms with Crippen LogP contribution in [-0.2, 0) is 9.53 Å². The van der Waals surface area contributed by atoms with Crippen molar-refractivity contribution in [1.29, 1.82) is 0 Å². The molecule has 2 aromatic rings. The van der Waals surface area contributed by atoms with Crippen LogP contribution in [0.5, 0.6) is 5.75 Å². The van der Waals surface area contributed by atoms with E-state index in [1.165, 1.54) is 5.56 Å². The van der Waals surface area contributed by atoms with Crippen LogP contribution in [-0.4, -0.2) is 5.97 Å². The maximum atomic E-state index is 11.6. The van der Waals surface area contributed by atoms with E-state index in [4.69, 9.17) is 9.47 Å². The molecule has 0 aliphatic heterocycles. The summed E-state index contributed by atoms with van der Waals surface area (Å²) in [6.07, 6.45) is 3.32. The Kier molecular flexibility index (Phi) is 5.96. The van der Waals surface area contributed by atoms with Gasteiger partial charge in [0, 0.05) is 5.57 Å². The van der Waals surface area contributed by atoms with Gasteiger partial charge < -0.3 is 9.47 Å². The molecule has 0 saturated heterocycles. The fraction of sp³-hybridized carbons (Fsp3) is 0.190. The van der Waals surface area contributed by atoms with Crippen LogP contribution in [0.2, 0.25) is 0 Å². The topological polar surface area (TPSA) is 35.5 Å². The van der Waals surface area contributed by atoms with E-state index in [0.717, 1.165) is 11.1 Å². The van der Waals surface area contributed by atoms with Crippen molar-refractivity contribution in [2.45, 2.75) is 26.9 Å². The van der Waals surface area contributed by atoms with Crippen molar-refractivity contribution < 1.29 is 14.3 Å². The molecule has 24 heavy (non-hydrogen) atoms. The third kappa shape index (κ3) is 4.59. The van der Waals surface area contributed by atoms with E-state index in [2.05, 4.69) is 37.8 Å². The number of aryl methyl sites for hydroxylation is 1. The lowest BCUT2D eigenvalue weighted by Gasteiger charge is -2.18. The molecular formula is C21H22O3. The van der Waals surface area contributed by atoms with Crippen molar-refractivity contribution in [3.8, 4) is 5.75 Å². The Hall–Kier alpha value is -2.81. The second-order valence-corrected chi connectivity index (χ2v) is 5.64. The highest BCUT2D eigenvalue weighted by atomic mass is 16.5. The molecule has 124 valence electrons. The first kappa shape index (κ1) is 17.5. The molecule has 2 aromatic carbocycles. The van der Waals surface area contributed by atoms with E-state index in [-0.39, 0.29) is 6.10 Å². The van der Waals surface area contributed by atoms with Crippen LogP contribution in [0.3, 0.4) is 0 Å². The Bertz CT molecular complexity index is 725. The molecular weight excluding hydrogens is 300 g/mol. The lowest BCUT2D eigenvalue weighted by Crippen LogP contribution is -2.08. The average molecular weight is 322 g/mol. The molecule has 0 radical (unpaired) electrons. The van der Waals surface area contributed by atoms with Gasteiger partial charge >= 0.3 is 5.97 Å².